The number of carbonyl (C=O) groups is 1. The highest BCUT2D eigenvalue weighted by molar-refractivity contribution is 6.34. The Labute approximate surface area is 124 Å². The number of nitrogens with zero attached hydrogens (tertiary/aromatic N) is 1. The second-order valence-corrected chi connectivity index (χ2v) is 6.08. The van der Waals surface area contributed by atoms with Crippen LogP contribution in [-0.4, -0.2) is 23.9 Å². The van der Waals surface area contributed by atoms with E-state index in [9.17, 15) is 4.79 Å². The molecule has 3 nitrogen and oxygen atoms in total. The van der Waals surface area contributed by atoms with Gasteiger partial charge in [-0.15, -0.1) is 0 Å². The standard InChI is InChI=1S/C14H20Cl2N2O/c1-9(2)4-13(17)14(19)18(3)8-10-5-11(15)7-12(16)6-10/h5-7,9,13H,4,8,17H2,1-3H3/t13-/m1/s1. The van der Waals surface area contributed by atoms with Gasteiger partial charge in [-0.3, -0.25) is 4.79 Å². The van der Waals surface area contributed by atoms with Gasteiger partial charge in [0.2, 0.25) is 5.91 Å². The van der Waals surface area contributed by atoms with Gasteiger partial charge in [0.15, 0.2) is 0 Å². The minimum absolute atomic E-state index is 0.0650. The van der Waals surface area contributed by atoms with Crippen LogP contribution in [0.1, 0.15) is 25.8 Å². The van der Waals surface area contributed by atoms with Crippen molar-refractivity contribution in [2.75, 3.05) is 7.05 Å². The van der Waals surface area contributed by atoms with E-state index in [0.717, 1.165) is 5.56 Å². The number of rotatable bonds is 5. The molecule has 1 amide bonds. The van der Waals surface area contributed by atoms with Gasteiger partial charge in [-0.1, -0.05) is 37.0 Å². The first kappa shape index (κ1) is 16.3. The largest absolute Gasteiger partial charge is 0.340 e. The lowest BCUT2D eigenvalue weighted by atomic mass is 10.0. The fourth-order valence-electron chi connectivity index (χ4n) is 1.95. The summed E-state index contributed by atoms with van der Waals surface area (Å²) in [5.41, 5.74) is 6.78. The summed E-state index contributed by atoms with van der Waals surface area (Å²) in [7, 11) is 1.73. The molecule has 0 aliphatic carbocycles. The smallest absolute Gasteiger partial charge is 0.239 e. The van der Waals surface area contributed by atoms with Crippen LogP contribution >= 0.6 is 23.2 Å². The fourth-order valence-corrected chi connectivity index (χ4v) is 2.52. The lowest BCUT2D eigenvalue weighted by molar-refractivity contribution is -0.132. The van der Waals surface area contributed by atoms with Crippen molar-refractivity contribution >= 4 is 29.1 Å². The van der Waals surface area contributed by atoms with Crippen LogP contribution in [0.2, 0.25) is 10.0 Å². The molecule has 0 heterocycles. The molecule has 0 aliphatic heterocycles. The molecule has 5 heteroatoms. The summed E-state index contributed by atoms with van der Waals surface area (Å²) in [6.07, 6.45) is 0.680. The van der Waals surface area contributed by atoms with Crippen LogP contribution in [0.25, 0.3) is 0 Å². The van der Waals surface area contributed by atoms with E-state index in [1.54, 1.807) is 30.1 Å². The predicted molar refractivity (Wildman–Crippen MR) is 80.4 cm³/mol. The van der Waals surface area contributed by atoms with Crippen molar-refractivity contribution in [1.29, 1.82) is 0 Å². The van der Waals surface area contributed by atoms with Crippen LogP contribution in [0, 0.1) is 5.92 Å². The Morgan fingerprint density at radius 3 is 2.26 bits per heavy atom. The summed E-state index contributed by atoms with van der Waals surface area (Å²) in [6, 6.07) is 4.80. The molecule has 0 bridgehead atoms. The second kappa shape index (κ2) is 7.13. The minimum Gasteiger partial charge on any atom is -0.340 e. The Hall–Kier alpha value is -0.770. The lowest BCUT2D eigenvalue weighted by Gasteiger charge is -2.22. The van der Waals surface area contributed by atoms with E-state index < -0.39 is 6.04 Å². The molecule has 0 unspecified atom stereocenters. The number of benzene rings is 1. The molecule has 2 N–H and O–H groups in total. The summed E-state index contributed by atoms with van der Waals surface area (Å²) in [4.78, 5) is 13.7. The van der Waals surface area contributed by atoms with Gasteiger partial charge in [0.25, 0.3) is 0 Å². The maximum Gasteiger partial charge on any atom is 0.239 e. The van der Waals surface area contributed by atoms with Crippen molar-refractivity contribution in [2.45, 2.75) is 32.9 Å². The quantitative estimate of drug-likeness (QED) is 0.907. The molecule has 1 rings (SSSR count). The average molecular weight is 303 g/mol. The van der Waals surface area contributed by atoms with Crippen molar-refractivity contribution < 1.29 is 4.79 Å². The fraction of sp³-hybridized carbons (Fsp3) is 0.500. The number of amides is 1. The molecule has 106 valence electrons. The van der Waals surface area contributed by atoms with Gasteiger partial charge in [0.05, 0.1) is 6.04 Å². The zero-order valence-electron chi connectivity index (χ0n) is 11.5. The van der Waals surface area contributed by atoms with Crippen molar-refractivity contribution in [3.05, 3.63) is 33.8 Å². The van der Waals surface area contributed by atoms with Crippen LogP contribution in [0.5, 0.6) is 0 Å². The van der Waals surface area contributed by atoms with Crippen LogP contribution in [0.3, 0.4) is 0 Å². The third kappa shape index (κ3) is 5.39. The number of halogens is 2. The number of hydrogen-bond donors (Lipinski definition) is 1. The van der Waals surface area contributed by atoms with E-state index in [4.69, 9.17) is 28.9 Å². The van der Waals surface area contributed by atoms with E-state index in [2.05, 4.69) is 0 Å². The lowest BCUT2D eigenvalue weighted by Crippen LogP contribution is -2.42. The summed E-state index contributed by atoms with van der Waals surface area (Å²) in [5.74, 6) is 0.331. The van der Waals surface area contributed by atoms with Crippen LogP contribution in [-0.2, 0) is 11.3 Å². The van der Waals surface area contributed by atoms with Crippen molar-refractivity contribution in [2.24, 2.45) is 11.7 Å². The first-order chi connectivity index (χ1) is 8.79. The van der Waals surface area contributed by atoms with E-state index in [0.29, 0.717) is 28.9 Å². The van der Waals surface area contributed by atoms with E-state index in [1.165, 1.54) is 0 Å². The Morgan fingerprint density at radius 1 is 1.26 bits per heavy atom. The van der Waals surface area contributed by atoms with Gasteiger partial charge in [-0.2, -0.15) is 0 Å². The molecule has 0 saturated heterocycles. The molecule has 0 radical (unpaired) electrons. The van der Waals surface area contributed by atoms with Gasteiger partial charge in [0, 0.05) is 23.6 Å². The van der Waals surface area contributed by atoms with Gasteiger partial charge in [0.1, 0.15) is 0 Å². The zero-order valence-corrected chi connectivity index (χ0v) is 13.0. The summed E-state index contributed by atoms with van der Waals surface area (Å²) in [5, 5.41) is 1.13. The van der Waals surface area contributed by atoms with Gasteiger partial charge < -0.3 is 10.6 Å². The molecule has 1 aromatic carbocycles. The Balaban J connectivity index is 2.68. The SMILES string of the molecule is CC(C)C[C@@H](N)C(=O)N(C)Cc1cc(Cl)cc(Cl)c1. The first-order valence-electron chi connectivity index (χ1n) is 6.25. The average Bonchev–Trinajstić information content (AvgIpc) is 2.25. The molecule has 0 aromatic heterocycles. The summed E-state index contributed by atoms with van der Waals surface area (Å²) >= 11 is 11.9. The normalized spacial score (nSPS) is 12.6. The van der Waals surface area contributed by atoms with E-state index in [-0.39, 0.29) is 5.91 Å². The van der Waals surface area contributed by atoms with Crippen LogP contribution in [0.4, 0.5) is 0 Å². The Kier molecular flexibility index (Phi) is 6.11. The van der Waals surface area contributed by atoms with Gasteiger partial charge >= 0.3 is 0 Å². The molecule has 0 aliphatic rings. The highest BCUT2D eigenvalue weighted by atomic mass is 35.5. The third-order valence-corrected chi connectivity index (χ3v) is 3.20. The van der Waals surface area contributed by atoms with Crippen molar-refractivity contribution in [3.63, 3.8) is 0 Å². The molecule has 19 heavy (non-hydrogen) atoms. The molecule has 0 spiro atoms. The van der Waals surface area contributed by atoms with E-state index >= 15 is 0 Å². The third-order valence-electron chi connectivity index (χ3n) is 2.76. The topological polar surface area (TPSA) is 46.3 Å². The molecule has 1 atom stereocenters. The number of carbonyl (C=O) groups excluding carboxylic acids is 1. The van der Waals surface area contributed by atoms with Crippen LogP contribution < -0.4 is 5.73 Å². The maximum atomic E-state index is 12.1. The summed E-state index contributed by atoms with van der Waals surface area (Å²) < 4.78 is 0. The minimum atomic E-state index is -0.459. The molecular weight excluding hydrogens is 283 g/mol. The summed E-state index contributed by atoms with van der Waals surface area (Å²) in [6.45, 7) is 4.54. The van der Waals surface area contributed by atoms with Gasteiger partial charge in [-0.25, -0.2) is 0 Å². The maximum absolute atomic E-state index is 12.1. The van der Waals surface area contributed by atoms with Crippen molar-refractivity contribution in [1.82, 2.24) is 4.90 Å². The number of hydrogen-bond acceptors (Lipinski definition) is 2. The highest BCUT2D eigenvalue weighted by Crippen LogP contribution is 2.20. The first-order valence-corrected chi connectivity index (χ1v) is 7.00. The Morgan fingerprint density at radius 2 is 1.79 bits per heavy atom. The molecule has 1 aromatic rings. The molecular formula is C14H20Cl2N2O. The van der Waals surface area contributed by atoms with E-state index in [1.807, 2.05) is 13.8 Å². The van der Waals surface area contributed by atoms with Crippen molar-refractivity contribution in [3.8, 4) is 0 Å². The predicted octanol–water partition coefficient (Wildman–Crippen LogP) is 3.33. The molecule has 0 saturated carbocycles. The molecule has 0 fully saturated rings. The van der Waals surface area contributed by atoms with Gasteiger partial charge in [-0.05, 0) is 36.1 Å². The number of likely N-dealkylation sites (N-methyl/N-ethyl adjacent to an activating group) is 1. The van der Waals surface area contributed by atoms with Crippen LogP contribution in [0.15, 0.2) is 18.2 Å². The highest BCUT2D eigenvalue weighted by Gasteiger charge is 2.19. The second-order valence-electron chi connectivity index (χ2n) is 5.21. The monoisotopic (exact) mass is 302 g/mol. The zero-order chi connectivity index (χ0) is 14.6. The Bertz CT molecular complexity index is 429. The number of nitrogens with two attached hydrogens (primary N) is 1.